The van der Waals surface area contributed by atoms with Gasteiger partial charge in [-0.3, -0.25) is 34.0 Å². The molecule has 0 unspecified atom stereocenters. The number of amides is 1. The average molecular weight is 1730 g/mol. The summed E-state index contributed by atoms with van der Waals surface area (Å²) in [6.45, 7) is 0.753. The second-order valence-electron chi connectivity index (χ2n) is 27.5. The van der Waals surface area contributed by atoms with Crippen LogP contribution >= 0.6 is 40.4 Å². The molecule has 5 aromatic carbocycles. The van der Waals surface area contributed by atoms with E-state index in [-0.39, 0.29) is 54.4 Å². The van der Waals surface area contributed by atoms with Gasteiger partial charge < -0.3 is 93.9 Å². The number of carbonyl (C=O) groups is 1. The molecule has 4 aliphatic rings. The Labute approximate surface area is 691 Å². The summed E-state index contributed by atoms with van der Waals surface area (Å²) in [6.07, 6.45) is 0.424. The van der Waals surface area contributed by atoms with Crippen molar-refractivity contribution >= 4 is 136 Å². The van der Waals surface area contributed by atoms with Gasteiger partial charge in [0, 0.05) is 71.1 Å². The average Bonchev–Trinajstić information content (AvgIpc) is 1.64. The molecule has 3 fully saturated rings. The molecule has 0 radical (unpaired) electrons. The predicted octanol–water partition coefficient (Wildman–Crippen LogP) is 7.57. The normalized spacial score (nSPS) is 20.9. The first-order chi connectivity index (χ1) is 57.6. The Balaban J connectivity index is 0.000000140. The van der Waals surface area contributed by atoms with E-state index in [9.17, 15) is 48.6 Å². The Hall–Kier alpha value is -12.2. The van der Waals surface area contributed by atoms with Crippen molar-refractivity contribution in [2.45, 2.75) is 93.3 Å². The van der Waals surface area contributed by atoms with Gasteiger partial charge in [-0.15, -0.1) is 0 Å². The predicted molar refractivity (Wildman–Crippen MR) is 433 cm³/mol. The van der Waals surface area contributed by atoms with Crippen molar-refractivity contribution < 1.29 is 86.5 Å². The minimum atomic E-state index is -1.37. The third kappa shape index (κ3) is 18.4. The van der Waals surface area contributed by atoms with Gasteiger partial charge in [0.1, 0.15) is 117 Å². The molecule has 17 rings (SSSR count). The van der Waals surface area contributed by atoms with Gasteiger partial charge in [-0.25, -0.2) is 62.8 Å². The fourth-order valence-electron chi connectivity index (χ4n) is 13.6. The molecular formula is C77H73BrF3N21O15S2. The van der Waals surface area contributed by atoms with Crippen LogP contribution in [0.25, 0.3) is 44.5 Å². The number of rotatable bonds is 21. The molecule has 9 N–H and O–H groups in total. The highest BCUT2D eigenvalue weighted by atomic mass is 79.9. The lowest BCUT2D eigenvalue weighted by Gasteiger charge is -2.19. The SMILES string of the molecule is CN(Cc1cccc(F)c1)c1ncnc2c1ncn2[C@@H]1O[C@H](COC(=O)Nc2ccc3nccnc3c2Br)[C@@H](O)[C@H]1O.CN(Cc1cccc(F)c1)c1ncnc2c1ncn2[C@@H]1O[C@H](COC(=S)Nc2ccc3c(c2)OCO3)[C@@H](O)[C@H]1O.CN(Cc1cccc(F)c1)c1ncnc2c1ncn2[C@@H]1O[C@H](COC(=S)Nc2cccnc2)[C@@H](O)[C@H]1O. The van der Waals surface area contributed by atoms with Crippen LogP contribution in [0.1, 0.15) is 35.4 Å². The summed E-state index contributed by atoms with van der Waals surface area (Å²) in [6, 6.07) is 31.0. The zero-order chi connectivity index (χ0) is 83.1. The van der Waals surface area contributed by atoms with Crippen LogP contribution in [0.15, 0.2) is 182 Å². The number of aliphatic hydroxyl groups excluding tert-OH is 6. The first kappa shape index (κ1) is 81.9. The van der Waals surface area contributed by atoms with E-state index in [2.05, 4.69) is 91.7 Å². The van der Waals surface area contributed by atoms with Gasteiger partial charge in [0.15, 0.2) is 81.1 Å². The van der Waals surface area contributed by atoms with Crippen molar-refractivity contribution in [2.75, 3.05) is 78.4 Å². The smallest absolute Gasteiger partial charge is 0.411 e. The number of benzene rings is 5. The first-order valence-electron chi connectivity index (χ1n) is 36.5. The number of fused-ring (bicyclic) bond motifs is 5. The summed E-state index contributed by atoms with van der Waals surface area (Å²) >= 11 is 13.9. The summed E-state index contributed by atoms with van der Waals surface area (Å²) in [5.74, 6) is 1.77. The van der Waals surface area contributed by atoms with E-state index in [1.165, 1.54) is 94.3 Å². The fraction of sp³-hybridized carbons (Fsp3) is 0.286. The number of carbonyl (C=O) groups excluding carboxylic acids is 1. The molecule has 12 heterocycles. The number of hydrogen-bond donors (Lipinski definition) is 9. The van der Waals surface area contributed by atoms with Crippen LogP contribution in [-0.2, 0) is 48.1 Å². The highest BCUT2D eigenvalue weighted by Gasteiger charge is 2.48. The Morgan fingerprint density at radius 2 is 0.916 bits per heavy atom. The Kier molecular flexibility index (Phi) is 25.0. The molecule has 0 bridgehead atoms. The highest BCUT2D eigenvalue weighted by molar-refractivity contribution is 9.10. The molecule has 12 atom stereocenters. The molecule has 13 aromatic rings. The lowest BCUT2D eigenvalue weighted by Crippen LogP contribution is -2.34. The van der Waals surface area contributed by atoms with E-state index >= 15 is 0 Å². The summed E-state index contributed by atoms with van der Waals surface area (Å²) in [4.78, 5) is 69.7. The molecule has 42 heteroatoms. The maximum Gasteiger partial charge on any atom is 0.411 e. The standard InChI is InChI=1S/C27H24BrFN8O5.C26H25FN6O6S.C24H24FN7O4S/c1-36(10-14-3-2-4-15(29)9-14)24-21-25(33-12-32-24)37(13-34-21)26-23(39)22(38)18(42-26)11-41-27(40)35-16-5-6-17-20(19(16)28)31-8-7-30-17;1-32(9-14-3-2-4-15(27)7-14)23-20-24(29-11-28-23)33(12-30-20)25-22(35)21(34)19(39-25)10-36-26(40)31-16-5-6-17-18(8-16)38-13-37-17;1-31(10-14-4-2-5-15(25)8-14)21-18-22(28-12-27-21)32(13-29-18)23-20(34)19(33)17(36-23)11-35-24(37)30-16-6-3-7-26-9-16/h2-9,12-13,18,22-23,26,38-39H,10-11H2,1H3,(H,35,40);2-8,11-12,19,21-22,25,34-35H,9-10,13H2,1H3,(H,31,40);2-9,12-13,17,19-20,23,33-34H,10-11H2,1H3,(H,30,37)/t18-,22-,23-,26-;19-,21-,22-,25-;17-,19-,20-,23-/m111/s1. The minimum Gasteiger partial charge on any atom is -0.468 e. The highest BCUT2D eigenvalue weighted by Crippen LogP contribution is 2.39. The first-order valence-corrected chi connectivity index (χ1v) is 38.1. The summed E-state index contributed by atoms with van der Waals surface area (Å²) in [7, 11) is 5.41. The largest absolute Gasteiger partial charge is 0.468 e. The van der Waals surface area contributed by atoms with E-state index in [4.69, 9.17) is 62.3 Å². The second-order valence-corrected chi connectivity index (χ2v) is 29.0. The van der Waals surface area contributed by atoms with E-state index in [1.54, 1.807) is 97.3 Å². The van der Waals surface area contributed by atoms with Gasteiger partial charge in [0.25, 0.3) is 10.3 Å². The van der Waals surface area contributed by atoms with Gasteiger partial charge in [-0.05, 0) is 130 Å². The van der Waals surface area contributed by atoms with Crippen LogP contribution in [0.3, 0.4) is 0 Å². The molecule has 0 spiro atoms. The number of nitrogens with one attached hydrogen (secondary N) is 3. The number of nitrogens with zero attached hydrogens (tertiary/aromatic N) is 18. The van der Waals surface area contributed by atoms with Gasteiger partial charge in [-0.2, -0.15) is 0 Å². The Morgan fingerprint density at radius 1 is 0.479 bits per heavy atom. The molecule has 4 aliphatic heterocycles. The molecule has 119 heavy (non-hydrogen) atoms. The van der Waals surface area contributed by atoms with E-state index in [0.29, 0.717) is 115 Å². The van der Waals surface area contributed by atoms with E-state index in [0.717, 1.165) is 16.7 Å². The molecule has 0 aliphatic carbocycles. The van der Waals surface area contributed by atoms with E-state index < -0.39 is 79.7 Å². The van der Waals surface area contributed by atoms with Crippen molar-refractivity contribution in [3.8, 4) is 11.5 Å². The zero-order valence-electron chi connectivity index (χ0n) is 62.9. The number of imidazole rings is 3. The Bertz CT molecular complexity index is 5830. The molecular weight excluding hydrogens is 1660 g/mol. The number of aliphatic hydroxyl groups is 6. The fourth-order valence-corrected chi connectivity index (χ4v) is 14.5. The lowest BCUT2D eigenvalue weighted by atomic mass is 10.1. The molecule has 0 saturated carbocycles. The molecule has 1 amide bonds. The second kappa shape index (κ2) is 36.3. The topological polar surface area (TPSA) is 428 Å². The number of ether oxygens (including phenoxy) is 8. The third-order valence-electron chi connectivity index (χ3n) is 19.3. The number of hydrogen-bond acceptors (Lipinski definition) is 32. The number of thiocarbonyl (C=S) groups is 2. The van der Waals surface area contributed by atoms with Crippen LogP contribution in [0.4, 0.5) is 52.5 Å². The maximum absolute atomic E-state index is 13.7. The number of anilines is 6. The molecule has 3 saturated heterocycles. The van der Waals surface area contributed by atoms with Crippen molar-refractivity contribution in [3.05, 3.63) is 217 Å². The Morgan fingerprint density at radius 3 is 1.36 bits per heavy atom. The lowest BCUT2D eigenvalue weighted by molar-refractivity contribution is -0.0522. The van der Waals surface area contributed by atoms with Gasteiger partial charge in [0.05, 0.1) is 46.5 Å². The van der Waals surface area contributed by atoms with Crippen LogP contribution in [0, 0.1) is 17.5 Å². The zero-order valence-corrected chi connectivity index (χ0v) is 66.1. The van der Waals surface area contributed by atoms with Crippen LogP contribution < -0.4 is 40.1 Å². The van der Waals surface area contributed by atoms with Crippen molar-refractivity contribution in [3.63, 3.8) is 0 Å². The number of aromatic nitrogens is 15. The summed E-state index contributed by atoms with van der Waals surface area (Å²) < 4.78 is 90.9. The molecule has 616 valence electrons. The monoisotopic (exact) mass is 1730 g/mol. The number of pyridine rings is 1. The molecule has 36 nitrogen and oxygen atoms in total. The van der Waals surface area contributed by atoms with Crippen LogP contribution in [-0.4, -0.2) is 223 Å². The minimum absolute atomic E-state index is 0.0550. The van der Waals surface area contributed by atoms with Crippen molar-refractivity contribution in [1.82, 2.24) is 73.5 Å². The quantitative estimate of drug-likeness (QED) is 0.0313. The van der Waals surface area contributed by atoms with Gasteiger partial charge in [-0.1, -0.05) is 36.4 Å². The molecule has 8 aromatic heterocycles. The van der Waals surface area contributed by atoms with Crippen LogP contribution in [0.2, 0.25) is 0 Å². The van der Waals surface area contributed by atoms with E-state index in [1.807, 2.05) is 36.0 Å². The third-order valence-corrected chi connectivity index (χ3v) is 20.6. The maximum atomic E-state index is 13.7. The van der Waals surface area contributed by atoms with Crippen molar-refractivity contribution in [2.24, 2.45) is 0 Å². The summed E-state index contributed by atoms with van der Waals surface area (Å²) in [5, 5.41) is 72.9. The summed E-state index contributed by atoms with van der Waals surface area (Å²) in [5.41, 5.74) is 7.71. The van der Waals surface area contributed by atoms with Crippen molar-refractivity contribution in [1.29, 1.82) is 0 Å². The van der Waals surface area contributed by atoms with Gasteiger partial charge >= 0.3 is 6.09 Å². The number of halogens is 4. The van der Waals surface area contributed by atoms with Gasteiger partial charge in [0.2, 0.25) is 6.79 Å². The van der Waals surface area contributed by atoms with Crippen LogP contribution in [0.5, 0.6) is 11.5 Å².